The number of terminal acetylenes is 1. The molecular formula is C18H21N3O2S. The maximum Gasteiger partial charge on any atom is 0.265 e. The third-order valence-electron chi connectivity index (χ3n) is 5.91. The Morgan fingerprint density at radius 2 is 2.00 bits per heavy atom. The second-order valence-electron chi connectivity index (χ2n) is 8.07. The summed E-state index contributed by atoms with van der Waals surface area (Å²) in [7, 11) is 0. The number of thiazole rings is 1. The number of hydrogen-bond donors (Lipinski definition) is 0. The zero-order valence-electron chi connectivity index (χ0n) is 14.0. The molecule has 0 N–H and O–H groups in total. The number of hydrogen-bond acceptors (Lipinski definition) is 4. The Hall–Kier alpha value is -1.87. The van der Waals surface area contributed by atoms with E-state index in [9.17, 15) is 9.59 Å². The van der Waals surface area contributed by atoms with Crippen molar-refractivity contribution in [1.29, 1.82) is 0 Å². The van der Waals surface area contributed by atoms with Crippen LogP contribution < -0.4 is 0 Å². The van der Waals surface area contributed by atoms with E-state index in [4.69, 9.17) is 6.42 Å². The molecule has 0 aromatic carbocycles. The lowest BCUT2D eigenvalue weighted by Crippen LogP contribution is -2.62. The van der Waals surface area contributed by atoms with Crippen LogP contribution in [-0.4, -0.2) is 52.8 Å². The predicted octanol–water partition coefficient (Wildman–Crippen LogP) is 1.72. The molecule has 3 aliphatic rings. The summed E-state index contributed by atoms with van der Waals surface area (Å²) in [6, 6.07) is 0. The fourth-order valence-electron chi connectivity index (χ4n) is 4.13. The average Bonchev–Trinajstić information content (AvgIpc) is 2.94. The molecule has 1 saturated carbocycles. The minimum Gasteiger partial charge on any atom is -0.341 e. The molecule has 4 rings (SSSR count). The highest BCUT2D eigenvalue weighted by Crippen LogP contribution is 2.54. The monoisotopic (exact) mass is 343 g/mol. The molecule has 2 aliphatic heterocycles. The summed E-state index contributed by atoms with van der Waals surface area (Å²) in [6.45, 7) is 6.85. The minimum absolute atomic E-state index is 0.00253. The van der Waals surface area contributed by atoms with Crippen molar-refractivity contribution in [3.63, 3.8) is 0 Å². The van der Waals surface area contributed by atoms with Gasteiger partial charge in [0.15, 0.2) is 0 Å². The first kappa shape index (κ1) is 15.6. The van der Waals surface area contributed by atoms with Gasteiger partial charge >= 0.3 is 0 Å². The summed E-state index contributed by atoms with van der Waals surface area (Å²) in [6.07, 6.45) is 8.32. The maximum absolute atomic E-state index is 12.6. The second-order valence-corrected chi connectivity index (χ2v) is 8.96. The van der Waals surface area contributed by atoms with Crippen LogP contribution in [0, 0.1) is 35.0 Å². The predicted molar refractivity (Wildman–Crippen MR) is 91.2 cm³/mol. The Morgan fingerprint density at radius 3 is 2.54 bits per heavy atom. The van der Waals surface area contributed by atoms with Gasteiger partial charge in [-0.15, -0.1) is 23.7 Å². The van der Waals surface area contributed by atoms with Gasteiger partial charge in [0, 0.05) is 43.4 Å². The van der Waals surface area contributed by atoms with Gasteiger partial charge in [-0.1, -0.05) is 13.8 Å². The van der Waals surface area contributed by atoms with Crippen molar-refractivity contribution >= 4 is 23.2 Å². The van der Waals surface area contributed by atoms with Crippen molar-refractivity contribution in [2.75, 3.05) is 26.2 Å². The lowest BCUT2D eigenvalue weighted by molar-refractivity contribution is -0.146. The molecule has 2 atom stereocenters. The first-order valence-electron chi connectivity index (χ1n) is 8.29. The van der Waals surface area contributed by atoms with Crippen molar-refractivity contribution in [2.45, 2.75) is 20.3 Å². The Balaban J connectivity index is 1.44. The fraction of sp³-hybridized carbons (Fsp3) is 0.611. The van der Waals surface area contributed by atoms with Gasteiger partial charge in [0.05, 0.1) is 11.7 Å². The summed E-state index contributed by atoms with van der Waals surface area (Å²) in [4.78, 5) is 33.5. The first-order valence-corrected chi connectivity index (χ1v) is 9.17. The normalized spacial score (nSPS) is 29.2. The summed E-state index contributed by atoms with van der Waals surface area (Å²) < 4.78 is 0. The van der Waals surface area contributed by atoms with Crippen LogP contribution in [0.2, 0.25) is 0 Å². The fourth-order valence-corrected chi connectivity index (χ4v) is 4.72. The van der Waals surface area contributed by atoms with Crippen LogP contribution in [0.1, 0.15) is 29.9 Å². The summed E-state index contributed by atoms with van der Waals surface area (Å²) in [5.74, 6) is 3.31. The number of carbonyl (C=O) groups is 2. The zero-order valence-corrected chi connectivity index (χ0v) is 14.8. The number of aromatic nitrogens is 1. The zero-order chi connectivity index (χ0) is 17.1. The molecule has 3 heterocycles. The number of rotatable bonds is 2. The van der Waals surface area contributed by atoms with Gasteiger partial charge in [0.1, 0.15) is 4.88 Å². The van der Waals surface area contributed by atoms with Crippen LogP contribution in [0.4, 0.5) is 0 Å². The molecule has 1 spiro atoms. The third kappa shape index (κ3) is 2.26. The average molecular weight is 343 g/mol. The van der Waals surface area contributed by atoms with E-state index in [-0.39, 0.29) is 34.5 Å². The SMILES string of the molecule is C#CC1CN(C(=O)c2cncs2)CC12CN(C(=O)[C@H]1CC1(C)C)C2. The van der Waals surface area contributed by atoms with Gasteiger partial charge in [0.2, 0.25) is 5.91 Å². The maximum atomic E-state index is 12.6. The Labute approximate surface area is 146 Å². The number of likely N-dealkylation sites (tertiary alicyclic amines) is 2. The van der Waals surface area contributed by atoms with Gasteiger partial charge in [-0.05, 0) is 11.8 Å². The van der Waals surface area contributed by atoms with E-state index >= 15 is 0 Å². The molecule has 0 radical (unpaired) electrons. The van der Waals surface area contributed by atoms with Crippen LogP contribution in [-0.2, 0) is 4.79 Å². The molecule has 2 saturated heterocycles. The van der Waals surface area contributed by atoms with Gasteiger partial charge in [0.25, 0.3) is 5.91 Å². The van der Waals surface area contributed by atoms with Crippen LogP contribution in [0.15, 0.2) is 11.7 Å². The highest BCUT2D eigenvalue weighted by atomic mass is 32.1. The molecular weight excluding hydrogens is 322 g/mol. The van der Waals surface area contributed by atoms with Crippen molar-refractivity contribution in [2.24, 2.45) is 22.7 Å². The third-order valence-corrected chi connectivity index (χ3v) is 6.68. The molecule has 1 aromatic rings. The lowest BCUT2D eigenvalue weighted by Gasteiger charge is -2.50. The van der Waals surface area contributed by atoms with Crippen LogP contribution in [0.25, 0.3) is 0 Å². The highest BCUT2D eigenvalue weighted by molar-refractivity contribution is 7.11. The van der Waals surface area contributed by atoms with E-state index in [2.05, 4.69) is 24.8 Å². The number of nitrogens with zero attached hydrogens (tertiary/aromatic N) is 3. The topological polar surface area (TPSA) is 53.5 Å². The van der Waals surface area contributed by atoms with Crippen LogP contribution in [0.5, 0.6) is 0 Å². The van der Waals surface area contributed by atoms with Crippen molar-refractivity contribution < 1.29 is 9.59 Å². The largest absolute Gasteiger partial charge is 0.341 e. The van der Waals surface area contributed by atoms with E-state index in [1.54, 1.807) is 11.7 Å². The summed E-state index contributed by atoms with van der Waals surface area (Å²) in [5.41, 5.74) is 1.69. The molecule has 1 aliphatic carbocycles. The van der Waals surface area contributed by atoms with Crippen molar-refractivity contribution in [1.82, 2.24) is 14.8 Å². The Morgan fingerprint density at radius 1 is 1.33 bits per heavy atom. The second kappa shape index (κ2) is 5.06. The van der Waals surface area contributed by atoms with E-state index in [1.807, 2.05) is 9.80 Å². The Bertz CT molecular complexity index is 728. The molecule has 0 bridgehead atoms. The summed E-state index contributed by atoms with van der Waals surface area (Å²) >= 11 is 1.35. The molecule has 126 valence electrons. The van der Waals surface area contributed by atoms with Gasteiger partial charge in [-0.2, -0.15) is 0 Å². The first-order chi connectivity index (χ1) is 11.4. The number of carbonyl (C=O) groups excluding carboxylic acids is 2. The highest BCUT2D eigenvalue weighted by Gasteiger charge is 2.60. The van der Waals surface area contributed by atoms with Crippen LogP contribution >= 0.6 is 11.3 Å². The van der Waals surface area contributed by atoms with E-state index in [0.29, 0.717) is 31.1 Å². The van der Waals surface area contributed by atoms with E-state index in [0.717, 1.165) is 6.42 Å². The van der Waals surface area contributed by atoms with Crippen molar-refractivity contribution in [3.05, 3.63) is 16.6 Å². The molecule has 3 fully saturated rings. The molecule has 2 amide bonds. The van der Waals surface area contributed by atoms with Gasteiger partial charge in [-0.25, -0.2) is 0 Å². The molecule has 1 aromatic heterocycles. The quantitative estimate of drug-likeness (QED) is 0.769. The van der Waals surface area contributed by atoms with Crippen molar-refractivity contribution in [3.8, 4) is 12.3 Å². The van der Waals surface area contributed by atoms with E-state index in [1.165, 1.54) is 11.3 Å². The standard InChI is InChI=1S/C18H21N3O2S/c1-4-12-7-20(16(23)14-6-19-11-24-14)8-18(12)9-21(10-18)15(22)13-5-17(13,2)3/h1,6,11-13H,5,7-10H2,2-3H3/t12?,13-/m1/s1. The van der Waals surface area contributed by atoms with Gasteiger partial charge < -0.3 is 9.80 Å². The van der Waals surface area contributed by atoms with Gasteiger partial charge in [-0.3, -0.25) is 14.6 Å². The molecule has 24 heavy (non-hydrogen) atoms. The minimum atomic E-state index is -0.121. The molecule has 1 unspecified atom stereocenters. The lowest BCUT2D eigenvalue weighted by atomic mass is 9.71. The molecule has 5 nitrogen and oxygen atoms in total. The Kier molecular flexibility index (Phi) is 3.30. The van der Waals surface area contributed by atoms with Crippen LogP contribution in [0.3, 0.4) is 0 Å². The molecule has 6 heteroatoms. The summed E-state index contributed by atoms with van der Waals surface area (Å²) in [5, 5.41) is 0. The smallest absolute Gasteiger partial charge is 0.265 e. The van der Waals surface area contributed by atoms with E-state index < -0.39 is 0 Å². The number of amides is 2.